The molecule has 1 aliphatic heterocycles. The molecule has 1 aliphatic rings. The number of likely N-dealkylation sites (tertiary alicyclic amines) is 1. The largest absolute Gasteiger partial charge is 0.416 e. The normalized spacial score (nSPS) is 15.9. The van der Waals surface area contributed by atoms with Crippen molar-refractivity contribution in [2.75, 3.05) is 18.8 Å². The highest BCUT2D eigenvalue weighted by Gasteiger charge is 2.36. The molecule has 0 unspecified atom stereocenters. The first-order chi connectivity index (χ1) is 19.9. The van der Waals surface area contributed by atoms with Gasteiger partial charge in [0.25, 0.3) is 0 Å². The van der Waals surface area contributed by atoms with Crippen LogP contribution in [-0.2, 0) is 17.4 Å². The summed E-state index contributed by atoms with van der Waals surface area (Å²) in [6.45, 7) is 4.08. The zero-order chi connectivity index (χ0) is 30.2. The van der Waals surface area contributed by atoms with Crippen molar-refractivity contribution >= 4 is 28.5 Å². The smallest absolute Gasteiger partial charge is 0.383 e. The number of alkyl halides is 3. The van der Waals surface area contributed by atoms with Crippen molar-refractivity contribution in [1.82, 2.24) is 29.6 Å². The number of piperidine rings is 1. The van der Waals surface area contributed by atoms with Crippen molar-refractivity contribution in [2.45, 2.75) is 45.3 Å². The number of nitrogens with two attached hydrogens (primary N) is 1. The minimum absolute atomic E-state index is 0.0201. The predicted molar refractivity (Wildman–Crippen MR) is 147 cm³/mol. The molecule has 42 heavy (non-hydrogen) atoms. The van der Waals surface area contributed by atoms with Crippen LogP contribution in [-0.4, -0.2) is 54.4 Å². The predicted octanol–water partition coefficient (Wildman–Crippen LogP) is 4.63. The van der Waals surface area contributed by atoms with Gasteiger partial charge in [-0.15, -0.1) is 0 Å². The van der Waals surface area contributed by atoms with Crippen LogP contribution >= 0.6 is 0 Å². The van der Waals surface area contributed by atoms with E-state index in [1.54, 1.807) is 47.7 Å². The van der Waals surface area contributed by atoms with Crippen LogP contribution in [0.3, 0.4) is 0 Å². The number of halogens is 3. The van der Waals surface area contributed by atoms with Gasteiger partial charge in [-0.05, 0) is 38.8 Å². The quantitative estimate of drug-likeness (QED) is 0.327. The van der Waals surface area contributed by atoms with Gasteiger partial charge in [0.05, 0.1) is 29.5 Å². The highest BCUT2D eigenvalue weighted by Crippen LogP contribution is 2.35. The number of fused-ring (bicyclic) bond motifs is 1. The maximum atomic E-state index is 13.0. The second kappa shape index (κ2) is 10.8. The molecule has 2 N–H and O–H groups in total. The molecule has 0 aliphatic carbocycles. The molecule has 216 valence electrons. The molecule has 1 amide bonds. The number of hydrogen-bond donors (Lipinski definition) is 1. The lowest BCUT2D eigenvalue weighted by molar-refractivity contribution is -0.139. The Morgan fingerprint density at radius 1 is 1.12 bits per heavy atom. The number of anilines is 1. The van der Waals surface area contributed by atoms with Crippen LogP contribution in [0, 0.1) is 16.7 Å². The Hall–Kier alpha value is -4.86. The summed E-state index contributed by atoms with van der Waals surface area (Å²) in [5.41, 5.74) is 6.16. The molecule has 1 fully saturated rings. The van der Waals surface area contributed by atoms with E-state index in [0.717, 1.165) is 24.8 Å². The van der Waals surface area contributed by atoms with Gasteiger partial charge >= 0.3 is 6.18 Å². The average Bonchev–Trinajstić information content (AvgIpc) is 3.37. The van der Waals surface area contributed by atoms with Crippen LogP contribution in [0.5, 0.6) is 0 Å². The second-order valence-corrected chi connectivity index (χ2v) is 10.7. The lowest BCUT2D eigenvalue weighted by Gasteiger charge is -2.35. The third-order valence-corrected chi connectivity index (χ3v) is 7.33. The van der Waals surface area contributed by atoms with Gasteiger partial charge in [0, 0.05) is 36.1 Å². The van der Waals surface area contributed by atoms with Crippen molar-refractivity contribution in [1.29, 1.82) is 5.26 Å². The summed E-state index contributed by atoms with van der Waals surface area (Å²) in [5, 5.41) is 14.8. The molecule has 1 aromatic carbocycles. The molecule has 1 saturated heterocycles. The molecule has 4 aromatic rings. The zero-order valence-electron chi connectivity index (χ0n) is 22.9. The van der Waals surface area contributed by atoms with E-state index >= 15 is 0 Å². The van der Waals surface area contributed by atoms with Gasteiger partial charge in [-0.3, -0.25) is 14.6 Å². The van der Waals surface area contributed by atoms with Gasteiger partial charge in [0.15, 0.2) is 11.4 Å². The maximum Gasteiger partial charge on any atom is 0.416 e. The Balaban J connectivity index is 1.42. The molecule has 0 bridgehead atoms. The number of nitrogen functional groups attached to an aromatic ring is 1. The lowest BCUT2D eigenvalue weighted by Crippen LogP contribution is -2.46. The molecule has 5 rings (SSSR count). The highest BCUT2D eigenvalue weighted by atomic mass is 19.4. The minimum Gasteiger partial charge on any atom is -0.383 e. The van der Waals surface area contributed by atoms with E-state index in [9.17, 15) is 28.0 Å². The van der Waals surface area contributed by atoms with Crippen LogP contribution in [0.25, 0.3) is 22.3 Å². The van der Waals surface area contributed by atoms with E-state index in [2.05, 4.69) is 21.0 Å². The van der Waals surface area contributed by atoms with E-state index in [0.29, 0.717) is 47.4 Å². The molecule has 10 nitrogen and oxygen atoms in total. The molecular weight excluding hydrogens is 549 g/mol. The summed E-state index contributed by atoms with van der Waals surface area (Å²) in [6, 6.07) is 10.1. The number of rotatable bonds is 6. The number of nitrogens with zero attached hydrogens (tertiary/aromatic N) is 7. The Labute approximate surface area is 239 Å². The van der Waals surface area contributed by atoms with Gasteiger partial charge in [0.2, 0.25) is 5.91 Å². The standard InChI is InChI=1S/C29H27F3N8O2/c1-28(2,15-33)27(42)39-11-3-4-21(14-39)40-26-23(25(34)36-16-37-26)24(38-40)18-7-5-17(6-8-18)22(41)13-20-12-19(9-10-35-20)29(30,31)32/h5-10,12,16,21H,3-4,11,13-14H2,1-2H3,(H2,34,36,37)/t21-/m1/s1. The van der Waals surface area contributed by atoms with Crippen LogP contribution < -0.4 is 5.73 Å². The fourth-order valence-corrected chi connectivity index (χ4v) is 5.07. The number of ketones is 1. The number of carbonyl (C=O) groups is 2. The molecule has 0 radical (unpaired) electrons. The minimum atomic E-state index is -4.53. The van der Waals surface area contributed by atoms with Gasteiger partial charge in [-0.25, -0.2) is 14.6 Å². The number of amides is 1. The fourth-order valence-electron chi connectivity index (χ4n) is 5.07. The molecule has 13 heteroatoms. The van der Waals surface area contributed by atoms with Crippen LogP contribution in [0.2, 0.25) is 0 Å². The highest BCUT2D eigenvalue weighted by molar-refractivity contribution is 6.00. The summed E-state index contributed by atoms with van der Waals surface area (Å²) in [6.07, 6.45) is -0.997. The number of pyridine rings is 1. The van der Waals surface area contributed by atoms with Crippen molar-refractivity contribution in [3.05, 3.63) is 65.7 Å². The number of nitriles is 1. The van der Waals surface area contributed by atoms with Crippen LogP contribution in [0.1, 0.15) is 54.3 Å². The van der Waals surface area contributed by atoms with Crippen molar-refractivity contribution in [3.63, 3.8) is 0 Å². The number of Topliss-reactive ketones (excluding diaryl/α,β-unsaturated/α-hetero) is 1. The second-order valence-electron chi connectivity index (χ2n) is 10.7. The summed E-state index contributed by atoms with van der Waals surface area (Å²) in [4.78, 5) is 40.0. The Morgan fingerprint density at radius 2 is 1.86 bits per heavy atom. The lowest BCUT2D eigenvalue weighted by atomic mass is 9.92. The molecule has 0 spiro atoms. The molecule has 3 aromatic heterocycles. The van der Waals surface area contributed by atoms with Crippen molar-refractivity contribution in [2.24, 2.45) is 5.41 Å². The first-order valence-corrected chi connectivity index (χ1v) is 13.2. The third kappa shape index (κ3) is 5.52. The summed E-state index contributed by atoms with van der Waals surface area (Å²) in [7, 11) is 0. The first-order valence-electron chi connectivity index (χ1n) is 13.2. The summed E-state index contributed by atoms with van der Waals surface area (Å²) >= 11 is 0. The van der Waals surface area contributed by atoms with Gasteiger partial charge in [-0.1, -0.05) is 24.3 Å². The summed E-state index contributed by atoms with van der Waals surface area (Å²) < 4.78 is 40.9. The van der Waals surface area contributed by atoms with Crippen LogP contribution in [0.15, 0.2) is 48.9 Å². The molecule has 1 atom stereocenters. The van der Waals surface area contributed by atoms with Crippen molar-refractivity contribution < 1.29 is 22.8 Å². The molecular formula is C29H27F3N8O2. The Bertz CT molecular complexity index is 1710. The van der Waals surface area contributed by atoms with E-state index in [1.807, 2.05) is 0 Å². The maximum absolute atomic E-state index is 13.0. The number of hydrogen-bond acceptors (Lipinski definition) is 8. The van der Waals surface area contributed by atoms with E-state index in [-0.39, 0.29) is 35.7 Å². The number of aromatic nitrogens is 5. The van der Waals surface area contributed by atoms with E-state index < -0.39 is 17.2 Å². The number of benzene rings is 1. The van der Waals surface area contributed by atoms with E-state index in [4.69, 9.17) is 10.8 Å². The van der Waals surface area contributed by atoms with Gasteiger partial charge in [0.1, 0.15) is 23.3 Å². The first kappa shape index (κ1) is 28.7. The molecule has 4 heterocycles. The Morgan fingerprint density at radius 3 is 2.55 bits per heavy atom. The fraction of sp³-hybridized carbons (Fsp3) is 0.345. The monoisotopic (exact) mass is 576 g/mol. The topological polar surface area (TPSA) is 144 Å². The zero-order valence-corrected chi connectivity index (χ0v) is 22.9. The molecule has 0 saturated carbocycles. The third-order valence-electron chi connectivity index (χ3n) is 7.33. The average molecular weight is 577 g/mol. The van der Waals surface area contributed by atoms with E-state index in [1.165, 1.54) is 6.33 Å². The SMILES string of the molecule is CC(C)(C#N)C(=O)N1CCC[C@@H](n2nc(-c3ccc(C(=O)Cc4cc(C(F)(F)F)ccn4)cc3)c3c(N)ncnc32)C1. The number of carbonyl (C=O) groups excluding carboxylic acids is 2. The summed E-state index contributed by atoms with van der Waals surface area (Å²) in [5.74, 6) is -0.425. The Kier molecular flexibility index (Phi) is 7.40. The van der Waals surface area contributed by atoms with Gasteiger partial charge in [-0.2, -0.15) is 23.5 Å². The van der Waals surface area contributed by atoms with Crippen molar-refractivity contribution in [3.8, 4) is 17.3 Å². The van der Waals surface area contributed by atoms with Gasteiger partial charge < -0.3 is 10.6 Å². The van der Waals surface area contributed by atoms with Crippen LogP contribution in [0.4, 0.5) is 19.0 Å².